The van der Waals surface area contributed by atoms with Gasteiger partial charge in [-0.05, 0) is 12.8 Å². The van der Waals surface area contributed by atoms with Gasteiger partial charge in [0.2, 0.25) is 0 Å². The molecule has 0 aromatic carbocycles. The molecule has 13 heavy (non-hydrogen) atoms. The Morgan fingerprint density at radius 3 is 2.54 bits per heavy atom. The van der Waals surface area contributed by atoms with Crippen molar-refractivity contribution in [3.05, 3.63) is 10.4 Å². The maximum absolute atomic E-state index is 11.6. The minimum absolute atomic E-state index is 0.158. The van der Waals surface area contributed by atoms with E-state index in [1.54, 1.807) is 9.36 Å². The van der Waals surface area contributed by atoms with Gasteiger partial charge in [0.05, 0.1) is 6.04 Å². The molecule has 1 aromatic heterocycles. The van der Waals surface area contributed by atoms with Crippen LogP contribution in [0.2, 0.25) is 0 Å². The molecule has 0 saturated carbocycles. The molecule has 1 aromatic rings. The first-order valence-electron chi connectivity index (χ1n) is 4.40. The second-order valence-corrected chi connectivity index (χ2v) is 3.75. The van der Waals surface area contributed by atoms with E-state index in [1.807, 2.05) is 6.92 Å². The van der Waals surface area contributed by atoms with Crippen molar-refractivity contribution < 1.29 is 0 Å². The largest absolute Gasteiger partial charge is 0.391 e. The van der Waals surface area contributed by atoms with Crippen LogP contribution in [0.5, 0.6) is 0 Å². The predicted molar refractivity (Wildman–Crippen MR) is 51.4 cm³/mol. The van der Waals surface area contributed by atoms with Crippen LogP contribution in [0, 0.1) is 5.92 Å². The van der Waals surface area contributed by atoms with Crippen molar-refractivity contribution in [3.8, 4) is 0 Å². The molecule has 2 heterocycles. The number of fused-ring (bicyclic) bond motifs is 1. The zero-order valence-electron chi connectivity index (χ0n) is 7.82. The Balaban J connectivity index is 2.70. The lowest BCUT2D eigenvalue weighted by Crippen LogP contribution is -2.22. The lowest BCUT2D eigenvalue weighted by Gasteiger charge is -2.07. The molecule has 0 fully saturated rings. The second-order valence-electron chi connectivity index (χ2n) is 3.75. The summed E-state index contributed by atoms with van der Waals surface area (Å²) in [6.45, 7) is 4.88. The zero-order valence-corrected chi connectivity index (χ0v) is 7.82. The molecule has 0 saturated heterocycles. The molecular weight excluding hydrogens is 168 g/mol. The first kappa shape index (κ1) is 8.22. The van der Waals surface area contributed by atoms with E-state index in [9.17, 15) is 4.79 Å². The van der Waals surface area contributed by atoms with Crippen LogP contribution in [0.3, 0.4) is 0 Å². The SMILES string of the molecule is CC1Cn2c(N)c(N)c(=O)n2C1C. The van der Waals surface area contributed by atoms with Gasteiger partial charge in [0.25, 0.3) is 5.56 Å². The van der Waals surface area contributed by atoms with E-state index in [4.69, 9.17) is 11.5 Å². The predicted octanol–water partition coefficient (Wildman–Crippen LogP) is 0.0249. The highest BCUT2D eigenvalue weighted by Crippen LogP contribution is 2.28. The van der Waals surface area contributed by atoms with Gasteiger partial charge in [-0.1, -0.05) is 6.92 Å². The minimum Gasteiger partial charge on any atom is -0.391 e. The van der Waals surface area contributed by atoms with Gasteiger partial charge < -0.3 is 11.5 Å². The van der Waals surface area contributed by atoms with Gasteiger partial charge in [0.1, 0.15) is 11.5 Å². The number of hydrogen-bond donors (Lipinski definition) is 2. The number of hydrogen-bond acceptors (Lipinski definition) is 3. The van der Waals surface area contributed by atoms with Crippen molar-refractivity contribution in [1.29, 1.82) is 0 Å². The number of nitrogens with zero attached hydrogens (tertiary/aromatic N) is 2. The van der Waals surface area contributed by atoms with Crippen LogP contribution in [-0.2, 0) is 6.54 Å². The van der Waals surface area contributed by atoms with Gasteiger partial charge in [0, 0.05) is 6.54 Å². The first-order valence-corrected chi connectivity index (χ1v) is 4.40. The lowest BCUT2D eigenvalue weighted by molar-refractivity contribution is 0.437. The second kappa shape index (κ2) is 2.31. The fraction of sp³-hybridized carbons (Fsp3) is 0.625. The van der Waals surface area contributed by atoms with Crippen molar-refractivity contribution in [2.45, 2.75) is 26.4 Å². The van der Waals surface area contributed by atoms with Crippen LogP contribution in [0.4, 0.5) is 11.5 Å². The lowest BCUT2D eigenvalue weighted by atomic mass is 10.1. The van der Waals surface area contributed by atoms with Crippen molar-refractivity contribution in [2.75, 3.05) is 11.5 Å². The highest BCUT2D eigenvalue weighted by atomic mass is 16.1. The summed E-state index contributed by atoms with van der Waals surface area (Å²) in [7, 11) is 0. The fourth-order valence-corrected chi connectivity index (χ4v) is 1.86. The maximum atomic E-state index is 11.6. The van der Waals surface area contributed by atoms with Gasteiger partial charge in [0.15, 0.2) is 0 Å². The number of nitrogen functional groups attached to an aromatic ring is 2. The van der Waals surface area contributed by atoms with Gasteiger partial charge in [-0.25, -0.2) is 4.68 Å². The van der Waals surface area contributed by atoms with Gasteiger partial charge in [-0.15, -0.1) is 0 Å². The van der Waals surface area contributed by atoms with Crippen molar-refractivity contribution in [2.24, 2.45) is 5.92 Å². The molecular formula is C8H14N4O. The summed E-state index contributed by atoms with van der Waals surface area (Å²) in [5.74, 6) is 0.844. The molecule has 0 amide bonds. The van der Waals surface area contributed by atoms with Crippen molar-refractivity contribution in [1.82, 2.24) is 9.36 Å². The molecule has 5 nitrogen and oxygen atoms in total. The summed E-state index contributed by atoms with van der Waals surface area (Å²) >= 11 is 0. The minimum atomic E-state index is -0.158. The third-order valence-electron chi connectivity index (χ3n) is 2.92. The number of rotatable bonds is 0. The molecule has 0 bridgehead atoms. The Hall–Kier alpha value is -1.39. The summed E-state index contributed by atoms with van der Waals surface area (Å²) in [6.07, 6.45) is 0. The Bertz CT molecular complexity index is 403. The summed E-state index contributed by atoms with van der Waals surface area (Å²) in [4.78, 5) is 11.6. The molecule has 2 atom stereocenters. The molecule has 2 rings (SSSR count). The Morgan fingerprint density at radius 1 is 1.38 bits per heavy atom. The summed E-state index contributed by atoms with van der Waals surface area (Å²) in [5, 5.41) is 0. The zero-order chi connectivity index (χ0) is 9.75. The first-order chi connectivity index (χ1) is 6.04. The molecule has 1 aliphatic rings. The Labute approximate surface area is 75.9 Å². The Morgan fingerprint density at radius 2 is 2.00 bits per heavy atom. The van der Waals surface area contributed by atoms with E-state index in [0.717, 1.165) is 6.54 Å². The van der Waals surface area contributed by atoms with E-state index in [0.29, 0.717) is 11.7 Å². The van der Waals surface area contributed by atoms with Gasteiger partial charge >= 0.3 is 0 Å². The average molecular weight is 182 g/mol. The van der Waals surface area contributed by atoms with E-state index >= 15 is 0 Å². The molecule has 4 N–H and O–H groups in total. The maximum Gasteiger partial charge on any atom is 0.292 e. The van der Waals surface area contributed by atoms with Crippen molar-refractivity contribution >= 4 is 11.5 Å². The van der Waals surface area contributed by atoms with Crippen LogP contribution >= 0.6 is 0 Å². The van der Waals surface area contributed by atoms with Gasteiger partial charge in [-0.2, -0.15) is 0 Å². The molecule has 1 aliphatic heterocycles. The standard InChI is InChI=1S/C8H14N4O/c1-4-3-11-7(10)6(9)8(13)12(11)5(4)2/h4-5H,3,9-10H2,1-2H3. The Kier molecular flexibility index (Phi) is 1.46. The molecule has 0 spiro atoms. The molecule has 0 radical (unpaired) electrons. The number of anilines is 2. The van der Waals surface area contributed by atoms with E-state index in [1.165, 1.54) is 0 Å². The third kappa shape index (κ3) is 0.839. The fourth-order valence-electron chi connectivity index (χ4n) is 1.86. The summed E-state index contributed by atoms with van der Waals surface area (Å²) in [5.41, 5.74) is 11.3. The van der Waals surface area contributed by atoms with E-state index in [2.05, 4.69) is 6.92 Å². The third-order valence-corrected chi connectivity index (χ3v) is 2.92. The topological polar surface area (TPSA) is 79.0 Å². The molecule has 5 heteroatoms. The highest BCUT2D eigenvalue weighted by Gasteiger charge is 2.30. The monoisotopic (exact) mass is 182 g/mol. The van der Waals surface area contributed by atoms with Crippen LogP contribution in [0.15, 0.2) is 4.79 Å². The quantitative estimate of drug-likeness (QED) is 0.594. The summed E-state index contributed by atoms with van der Waals surface area (Å²) < 4.78 is 3.42. The van der Waals surface area contributed by atoms with Crippen LogP contribution in [0.1, 0.15) is 19.9 Å². The van der Waals surface area contributed by atoms with Crippen LogP contribution in [-0.4, -0.2) is 9.36 Å². The van der Waals surface area contributed by atoms with Gasteiger partial charge in [-0.3, -0.25) is 9.48 Å². The van der Waals surface area contributed by atoms with Crippen LogP contribution in [0.25, 0.3) is 0 Å². The molecule has 2 unspecified atom stereocenters. The normalized spacial score (nSPS) is 26.3. The average Bonchev–Trinajstić information content (AvgIpc) is 2.48. The number of aromatic nitrogens is 2. The van der Waals surface area contributed by atoms with Crippen LogP contribution < -0.4 is 17.0 Å². The smallest absolute Gasteiger partial charge is 0.292 e. The summed E-state index contributed by atoms with van der Waals surface area (Å²) in [6, 6.07) is 0.187. The van der Waals surface area contributed by atoms with E-state index < -0.39 is 0 Å². The molecule has 0 aliphatic carbocycles. The highest BCUT2D eigenvalue weighted by molar-refractivity contribution is 5.57. The molecule has 72 valence electrons. The van der Waals surface area contributed by atoms with E-state index in [-0.39, 0.29) is 17.3 Å². The van der Waals surface area contributed by atoms with Crippen molar-refractivity contribution in [3.63, 3.8) is 0 Å². The number of nitrogens with two attached hydrogens (primary N) is 2.